The van der Waals surface area contributed by atoms with Crippen LogP contribution in [0.5, 0.6) is 0 Å². The Hall–Kier alpha value is -1.74. The fourth-order valence-corrected chi connectivity index (χ4v) is 6.63. The van der Waals surface area contributed by atoms with Crippen LogP contribution in [0.2, 0.25) is 0 Å². The fourth-order valence-electron chi connectivity index (χ4n) is 6.63. The maximum Gasteiger partial charge on any atom is 4.00 e. The van der Waals surface area contributed by atoms with Crippen molar-refractivity contribution >= 4 is 0 Å². The molecule has 0 spiro atoms. The zero-order valence-electron chi connectivity index (χ0n) is 22.3. The number of alkyl halides is 1. The zero-order valence-corrected chi connectivity index (χ0v) is 23.8. The van der Waals surface area contributed by atoms with Gasteiger partial charge in [0, 0.05) is 0 Å². The minimum Gasteiger partial charge on any atom is -0.672 e. The molecule has 5 aliphatic carbocycles. The molecule has 188 valence electrons. The van der Waals surface area contributed by atoms with Crippen LogP contribution in [0, 0.1) is 36.7 Å². The Labute approximate surface area is 233 Å². The molecule has 3 heteroatoms. The van der Waals surface area contributed by atoms with Gasteiger partial charge in [-0.3, -0.25) is 6.08 Å². The second-order valence-corrected chi connectivity index (χ2v) is 11.3. The summed E-state index contributed by atoms with van der Waals surface area (Å²) in [6, 6.07) is 20.6. The van der Waals surface area contributed by atoms with Crippen molar-refractivity contribution in [2.24, 2.45) is 17.8 Å². The van der Waals surface area contributed by atoms with Gasteiger partial charge in [0.15, 0.2) is 0 Å². The van der Waals surface area contributed by atoms with E-state index in [1.54, 1.807) is 0 Å². The molecule has 4 bridgehead atoms. The summed E-state index contributed by atoms with van der Waals surface area (Å²) >= 11 is 0. The molecule has 0 saturated heterocycles. The van der Waals surface area contributed by atoms with Crippen molar-refractivity contribution in [3.63, 3.8) is 0 Å². The Kier molecular flexibility index (Phi) is 9.77. The van der Waals surface area contributed by atoms with Gasteiger partial charge in [0.05, 0.1) is 0 Å². The largest absolute Gasteiger partial charge is 4.00 e. The Bertz CT molecular complexity index is 968. The first kappa shape index (κ1) is 28.8. The topological polar surface area (TPSA) is 23.8 Å². The van der Waals surface area contributed by atoms with Crippen LogP contribution in [0.4, 0.5) is 4.39 Å². The fraction of sp³-hybridized carbons (Fsp3) is 0.455. The molecular formula is C33H40FNTi. The Balaban J connectivity index is 0.000000152. The minimum atomic E-state index is -0.925. The monoisotopic (exact) mass is 517 g/mol. The summed E-state index contributed by atoms with van der Waals surface area (Å²) in [6.07, 6.45) is 12.8. The van der Waals surface area contributed by atoms with Crippen LogP contribution < -0.4 is 0 Å². The number of hydrogen-bond acceptors (Lipinski definition) is 0. The Morgan fingerprint density at radius 2 is 1.31 bits per heavy atom. The first-order chi connectivity index (χ1) is 16.6. The third-order valence-electron chi connectivity index (χ3n) is 8.29. The summed E-state index contributed by atoms with van der Waals surface area (Å²) in [5, 5.41) is 0. The van der Waals surface area contributed by atoms with E-state index >= 15 is 0 Å². The number of benzene rings is 2. The molecule has 36 heavy (non-hydrogen) atoms. The molecule has 7 rings (SSSR count). The van der Waals surface area contributed by atoms with E-state index < -0.39 is 5.67 Å². The predicted molar refractivity (Wildman–Crippen MR) is 145 cm³/mol. The van der Waals surface area contributed by atoms with Crippen molar-refractivity contribution in [3.05, 3.63) is 113 Å². The van der Waals surface area contributed by atoms with Crippen molar-refractivity contribution in [1.82, 2.24) is 0 Å². The van der Waals surface area contributed by atoms with E-state index in [0.717, 1.165) is 25.7 Å². The van der Waals surface area contributed by atoms with Crippen LogP contribution in [0.15, 0.2) is 77.4 Å². The minimum absolute atomic E-state index is 0. The number of halogens is 1. The van der Waals surface area contributed by atoms with Crippen LogP contribution in [0.3, 0.4) is 0 Å². The van der Waals surface area contributed by atoms with Crippen molar-refractivity contribution in [2.75, 3.05) is 0 Å². The molecule has 0 amide bonds. The van der Waals surface area contributed by atoms with Gasteiger partial charge >= 0.3 is 21.7 Å². The number of allylic oxidation sites excluding steroid dienone is 4. The van der Waals surface area contributed by atoms with Crippen molar-refractivity contribution in [3.8, 4) is 0 Å². The number of rotatable bonds is 3. The van der Waals surface area contributed by atoms with E-state index in [0.29, 0.717) is 24.2 Å². The van der Waals surface area contributed by atoms with E-state index in [1.807, 2.05) is 36.4 Å². The smallest absolute Gasteiger partial charge is 0.672 e. The summed E-state index contributed by atoms with van der Waals surface area (Å²) < 4.78 is 14.0. The van der Waals surface area contributed by atoms with Crippen LogP contribution >= 0.6 is 0 Å². The zero-order chi connectivity index (χ0) is 25.1. The average Bonchev–Trinajstić information content (AvgIpc) is 3.03. The van der Waals surface area contributed by atoms with Crippen LogP contribution in [-0.2, 0) is 21.7 Å². The summed E-state index contributed by atoms with van der Waals surface area (Å²) in [7, 11) is 0. The standard InChI is InChI=1S/C14H12.C10H15FN.C9H13.Ti/c1-3-7-13(8-4-1)11-12-14-9-5-2-6-10-14;11-9-2-7-1-8(3-9)5-10(12,4-7)6-9;1-6-5-7(2)9(4)8(6)3;/h1-12H;7-8,12H,1-6H2;6H,1-4H3;/q-2;2*-1;+4. The molecule has 3 unspecified atom stereocenters. The van der Waals surface area contributed by atoms with E-state index in [9.17, 15) is 4.39 Å². The summed E-state index contributed by atoms with van der Waals surface area (Å²) in [6.45, 7) is 8.67. The Morgan fingerprint density at radius 3 is 1.61 bits per heavy atom. The van der Waals surface area contributed by atoms with Gasteiger partial charge in [0.2, 0.25) is 0 Å². The quantitative estimate of drug-likeness (QED) is 0.286. The van der Waals surface area contributed by atoms with Crippen LogP contribution in [-0.4, -0.2) is 11.2 Å². The summed E-state index contributed by atoms with van der Waals surface area (Å²) in [5.74, 6) is 1.66. The normalized spacial score (nSPS) is 31.3. The molecule has 5 aliphatic rings. The van der Waals surface area contributed by atoms with E-state index in [2.05, 4.69) is 70.9 Å². The molecule has 0 heterocycles. The van der Waals surface area contributed by atoms with Gasteiger partial charge in [0.25, 0.3) is 0 Å². The van der Waals surface area contributed by atoms with Gasteiger partial charge in [-0.05, 0) is 37.5 Å². The van der Waals surface area contributed by atoms with Crippen LogP contribution in [0.1, 0.15) is 77.3 Å². The third-order valence-corrected chi connectivity index (χ3v) is 8.29. The van der Waals surface area contributed by atoms with Gasteiger partial charge < -0.3 is 5.73 Å². The van der Waals surface area contributed by atoms with Gasteiger partial charge in [-0.25, -0.2) is 33.9 Å². The third kappa shape index (κ3) is 7.40. The molecule has 1 nitrogen and oxygen atoms in total. The maximum absolute atomic E-state index is 14.0. The molecule has 3 atom stereocenters. The van der Waals surface area contributed by atoms with Crippen LogP contribution in [0.25, 0.3) is 5.73 Å². The first-order valence-corrected chi connectivity index (χ1v) is 13.1. The summed E-state index contributed by atoms with van der Waals surface area (Å²) in [5.41, 5.74) is 13.5. The maximum atomic E-state index is 14.0. The van der Waals surface area contributed by atoms with Gasteiger partial charge in [-0.1, -0.05) is 51.7 Å². The SMILES string of the molecule is CC1=[C-]C(C)C(C)=C1C.[NH-]C12CC3CC(C1)CC(F)(C3)C2.[Ti+4].c1ccc([CH-][CH-]c2ccccc2)cc1. The molecule has 0 aromatic heterocycles. The van der Waals surface area contributed by atoms with Crippen molar-refractivity contribution in [2.45, 2.75) is 77.4 Å². The molecule has 2 aromatic rings. The molecular weight excluding hydrogens is 477 g/mol. The van der Waals surface area contributed by atoms with E-state index in [1.165, 1.54) is 34.3 Å². The molecule has 4 saturated carbocycles. The molecule has 0 radical (unpaired) electrons. The second kappa shape index (κ2) is 12.2. The number of hydrogen-bond donors (Lipinski definition) is 0. The van der Waals surface area contributed by atoms with Gasteiger partial charge in [-0.2, -0.15) is 35.4 Å². The molecule has 4 fully saturated rings. The van der Waals surface area contributed by atoms with Gasteiger partial charge in [0.1, 0.15) is 5.67 Å². The molecule has 0 aliphatic heterocycles. The first-order valence-electron chi connectivity index (χ1n) is 13.1. The van der Waals surface area contributed by atoms with E-state index in [-0.39, 0.29) is 27.3 Å². The predicted octanol–water partition coefficient (Wildman–Crippen LogP) is 9.31. The van der Waals surface area contributed by atoms with Crippen molar-refractivity contribution < 1.29 is 26.1 Å². The Morgan fingerprint density at radius 1 is 0.833 bits per heavy atom. The average molecular weight is 518 g/mol. The van der Waals surface area contributed by atoms with Crippen molar-refractivity contribution in [1.29, 1.82) is 0 Å². The molecule has 2 aromatic carbocycles. The van der Waals surface area contributed by atoms with Gasteiger partial charge in [-0.15, -0.1) is 36.7 Å². The summed E-state index contributed by atoms with van der Waals surface area (Å²) in [4.78, 5) is 0. The van der Waals surface area contributed by atoms with E-state index in [4.69, 9.17) is 5.73 Å². The molecule has 1 N–H and O–H groups in total. The number of nitrogens with one attached hydrogen (secondary N) is 1. The second-order valence-electron chi connectivity index (χ2n) is 11.3.